The number of rotatable bonds is 50. The summed E-state index contributed by atoms with van der Waals surface area (Å²) in [6.07, 6.45) is 60.7. The van der Waals surface area contributed by atoms with E-state index in [-0.39, 0.29) is 18.9 Å². The van der Waals surface area contributed by atoms with Gasteiger partial charge < -0.3 is 20.6 Å². The lowest BCUT2D eigenvalue weighted by molar-refractivity contribution is -0.125. The molecule has 0 aliphatic heterocycles. The number of allylic oxidation sites excluding steroid dienone is 2. The minimum absolute atomic E-state index is 0.0343. The van der Waals surface area contributed by atoms with Gasteiger partial charge in [-0.1, -0.05) is 270 Å². The summed E-state index contributed by atoms with van der Waals surface area (Å²) in [6, 6.07) is -0.659. The number of amides is 1. The van der Waals surface area contributed by atoms with Crippen molar-refractivity contribution in [3.63, 3.8) is 0 Å². The first-order valence-electron chi connectivity index (χ1n) is 27.0. The summed E-state index contributed by atoms with van der Waals surface area (Å²) in [5.74, 6) is -0.282. The lowest BCUT2D eigenvalue weighted by Crippen LogP contribution is -2.46. The van der Waals surface area contributed by atoms with E-state index in [0.717, 1.165) is 32.1 Å². The smallest absolute Gasteiger partial charge is 0.222 e. The van der Waals surface area contributed by atoms with Crippen molar-refractivity contribution >= 4 is 5.91 Å². The van der Waals surface area contributed by atoms with Crippen molar-refractivity contribution in [2.45, 2.75) is 321 Å². The van der Waals surface area contributed by atoms with Gasteiger partial charge in [0.05, 0.1) is 31.3 Å². The fourth-order valence-corrected chi connectivity index (χ4v) is 8.70. The number of carbonyl (C=O) groups is 1. The molecular formula is C54H107NO4. The quantitative estimate of drug-likeness (QED) is 0.0363. The maximum absolute atomic E-state index is 12.5. The van der Waals surface area contributed by atoms with Crippen LogP contribution in [-0.4, -0.2) is 46.1 Å². The molecule has 0 fully saturated rings. The van der Waals surface area contributed by atoms with Crippen LogP contribution < -0.4 is 5.32 Å². The molecule has 5 heteroatoms. The Balaban J connectivity index is 3.53. The van der Waals surface area contributed by atoms with Gasteiger partial charge in [0.1, 0.15) is 0 Å². The Bertz CT molecular complexity index is 833. The van der Waals surface area contributed by atoms with Crippen LogP contribution in [0.2, 0.25) is 0 Å². The molecule has 1 amide bonds. The van der Waals surface area contributed by atoms with E-state index in [0.29, 0.717) is 12.8 Å². The molecule has 0 aromatic carbocycles. The van der Waals surface area contributed by atoms with Crippen LogP contribution >= 0.6 is 0 Å². The topological polar surface area (TPSA) is 89.8 Å². The fourth-order valence-electron chi connectivity index (χ4n) is 8.70. The van der Waals surface area contributed by atoms with Crippen molar-refractivity contribution in [2.75, 3.05) is 6.61 Å². The van der Waals surface area contributed by atoms with E-state index in [1.54, 1.807) is 0 Å². The highest BCUT2D eigenvalue weighted by Gasteiger charge is 2.21. The van der Waals surface area contributed by atoms with Crippen molar-refractivity contribution in [2.24, 2.45) is 0 Å². The van der Waals surface area contributed by atoms with E-state index in [2.05, 4.69) is 31.3 Å². The molecule has 0 aliphatic carbocycles. The van der Waals surface area contributed by atoms with Gasteiger partial charge in [-0.15, -0.1) is 0 Å². The molecule has 352 valence electrons. The molecule has 0 aromatic rings. The lowest BCUT2D eigenvalue weighted by Gasteiger charge is -2.23. The van der Waals surface area contributed by atoms with E-state index in [9.17, 15) is 20.1 Å². The third-order valence-corrected chi connectivity index (χ3v) is 12.8. The number of hydrogen-bond donors (Lipinski definition) is 4. The fraction of sp³-hybridized carbons (Fsp3) is 0.944. The highest BCUT2D eigenvalue weighted by molar-refractivity contribution is 5.76. The average Bonchev–Trinajstić information content (AvgIpc) is 3.23. The zero-order valence-corrected chi connectivity index (χ0v) is 40.2. The summed E-state index contributed by atoms with van der Waals surface area (Å²) in [4.78, 5) is 12.5. The standard InChI is InChI=1S/C54H107NO4/c1-3-5-7-9-11-13-15-17-19-21-23-24-25-26-27-28-30-32-34-36-38-40-42-44-46-48-53(58)52(50-56)55-54(59)49-51(57)47-45-43-41-39-37-35-33-31-29-22-20-18-16-14-12-10-8-6-4-2/h31,33,51-53,56-58H,3-30,32,34-50H2,1-2H3,(H,55,59)/b33-31-. The van der Waals surface area contributed by atoms with Crippen LogP contribution in [0.15, 0.2) is 12.2 Å². The van der Waals surface area contributed by atoms with Gasteiger partial charge in [0, 0.05) is 0 Å². The molecule has 0 saturated carbocycles. The highest BCUT2D eigenvalue weighted by atomic mass is 16.3. The van der Waals surface area contributed by atoms with Crippen molar-refractivity contribution in [1.29, 1.82) is 0 Å². The Morgan fingerprint density at radius 1 is 0.407 bits per heavy atom. The Hall–Kier alpha value is -0.910. The molecule has 0 radical (unpaired) electrons. The SMILES string of the molecule is CCCCCCCCCCCC/C=C\CCCCCCCC(O)CC(=O)NC(CO)C(O)CCCCCCCCCCCCCCCCCCCCCCCCCCC. The summed E-state index contributed by atoms with van der Waals surface area (Å²) in [7, 11) is 0. The zero-order chi connectivity index (χ0) is 43.0. The summed E-state index contributed by atoms with van der Waals surface area (Å²) >= 11 is 0. The maximum Gasteiger partial charge on any atom is 0.222 e. The van der Waals surface area contributed by atoms with Crippen LogP contribution in [0.1, 0.15) is 303 Å². The highest BCUT2D eigenvalue weighted by Crippen LogP contribution is 2.18. The van der Waals surface area contributed by atoms with Gasteiger partial charge in [-0.2, -0.15) is 0 Å². The van der Waals surface area contributed by atoms with Crippen LogP contribution in [0.5, 0.6) is 0 Å². The normalized spacial score (nSPS) is 13.4. The molecule has 0 saturated heterocycles. The molecule has 0 rings (SSSR count). The summed E-state index contributed by atoms with van der Waals surface area (Å²) in [5, 5.41) is 33.6. The first kappa shape index (κ1) is 58.1. The first-order chi connectivity index (χ1) is 29.0. The first-order valence-corrected chi connectivity index (χ1v) is 27.0. The van der Waals surface area contributed by atoms with E-state index in [1.807, 2.05) is 0 Å². The minimum atomic E-state index is -0.750. The Kier molecular flexibility index (Phi) is 49.0. The zero-order valence-electron chi connectivity index (χ0n) is 40.2. The predicted octanol–water partition coefficient (Wildman–Crippen LogP) is 16.3. The van der Waals surface area contributed by atoms with Gasteiger partial charge >= 0.3 is 0 Å². The van der Waals surface area contributed by atoms with Crippen LogP contribution in [0.25, 0.3) is 0 Å². The van der Waals surface area contributed by atoms with Gasteiger partial charge in [0.25, 0.3) is 0 Å². The number of unbranched alkanes of at least 4 members (excludes halogenated alkanes) is 39. The largest absolute Gasteiger partial charge is 0.394 e. The van der Waals surface area contributed by atoms with Crippen LogP contribution in [0.4, 0.5) is 0 Å². The Morgan fingerprint density at radius 2 is 0.678 bits per heavy atom. The van der Waals surface area contributed by atoms with Crippen LogP contribution in [0.3, 0.4) is 0 Å². The van der Waals surface area contributed by atoms with E-state index in [1.165, 1.54) is 238 Å². The number of carbonyl (C=O) groups excluding carboxylic acids is 1. The predicted molar refractivity (Wildman–Crippen MR) is 259 cm³/mol. The second-order valence-electron chi connectivity index (χ2n) is 18.8. The van der Waals surface area contributed by atoms with Gasteiger partial charge in [0.2, 0.25) is 5.91 Å². The molecule has 3 unspecified atom stereocenters. The Labute approximate surface area is 369 Å². The van der Waals surface area contributed by atoms with Crippen molar-refractivity contribution in [3.8, 4) is 0 Å². The molecule has 5 nitrogen and oxygen atoms in total. The van der Waals surface area contributed by atoms with Crippen molar-refractivity contribution in [1.82, 2.24) is 5.32 Å². The van der Waals surface area contributed by atoms with Crippen LogP contribution in [-0.2, 0) is 4.79 Å². The molecular weight excluding hydrogens is 727 g/mol. The lowest BCUT2D eigenvalue weighted by atomic mass is 10.0. The van der Waals surface area contributed by atoms with Gasteiger partial charge in [-0.05, 0) is 38.5 Å². The molecule has 0 aliphatic rings. The molecule has 0 bridgehead atoms. The molecule has 0 spiro atoms. The second kappa shape index (κ2) is 49.7. The third kappa shape index (κ3) is 46.4. The van der Waals surface area contributed by atoms with Gasteiger partial charge in [0.15, 0.2) is 0 Å². The van der Waals surface area contributed by atoms with Crippen LogP contribution in [0, 0.1) is 0 Å². The average molecular weight is 834 g/mol. The maximum atomic E-state index is 12.5. The van der Waals surface area contributed by atoms with Crippen molar-refractivity contribution in [3.05, 3.63) is 12.2 Å². The summed E-state index contributed by atoms with van der Waals surface area (Å²) < 4.78 is 0. The Morgan fingerprint density at radius 3 is 0.983 bits per heavy atom. The minimum Gasteiger partial charge on any atom is -0.394 e. The molecule has 0 aromatic heterocycles. The summed E-state index contributed by atoms with van der Waals surface area (Å²) in [6.45, 7) is 4.30. The number of aliphatic hydroxyl groups excluding tert-OH is 3. The second-order valence-corrected chi connectivity index (χ2v) is 18.8. The molecule has 3 atom stereocenters. The monoisotopic (exact) mass is 834 g/mol. The molecule has 0 heterocycles. The van der Waals surface area contributed by atoms with Gasteiger partial charge in [-0.3, -0.25) is 4.79 Å². The van der Waals surface area contributed by atoms with E-state index in [4.69, 9.17) is 0 Å². The van der Waals surface area contributed by atoms with E-state index < -0.39 is 18.2 Å². The number of aliphatic hydroxyl groups is 3. The molecule has 4 N–H and O–H groups in total. The number of nitrogens with one attached hydrogen (secondary N) is 1. The van der Waals surface area contributed by atoms with E-state index >= 15 is 0 Å². The third-order valence-electron chi connectivity index (χ3n) is 12.8. The number of hydrogen-bond acceptors (Lipinski definition) is 4. The van der Waals surface area contributed by atoms with Crippen molar-refractivity contribution < 1.29 is 20.1 Å². The summed E-state index contributed by atoms with van der Waals surface area (Å²) in [5.41, 5.74) is 0. The molecule has 59 heavy (non-hydrogen) atoms. The van der Waals surface area contributed by atoms with Gasteiger partial charge in [-0.25, -0.2) is 0 Å².